The summed E-state index contributed by atoms with van der Waals surface area (Å²) >= 11 is 0. The number of nitrogens with one attached hydrogen (secondary N) is 2. The van der Waals surface area contributed by atoms with E-state index in [1.165, 1.54) is 18.4 Å². The fourth-order valence-corrected chi connectivity index (χ4v) is 2.73. The number of amides is 1. The first-order valence-corrected chi connectivity index (χ1v) is 8.37. The molecule has 1 saturated heterocycles. The molecular weight excluding hydrogens is 407 g/mol. The summed E-state index contributed by atoms with van der Waals surface area (Å²) in [6, 6.07) is -1.81. The van der Waals surface area contributed by atoms with Gasteiger partial charge in [0.2, 0.25) is 0 Å². The van der Waals surface area contributed by atoms with Gasteiger partial charge in [0.1, 0.15) is 24.4 Å². The van der Waals surface area contributed by atoms with Crippen LogP contribution in [0.25, 0.3) is 0 Å². The van der Waals surface area contributed by atoms with Crippen LogP contribution in [0.4, 0.5) is 13.2 Å². The summed E-state index contributed by atoms with van der Waals surface area (Å²) < 4.78 is 49.0. The van der Waals surface area contributed by atoms with E-state index in [2.05, 4.69) is 0 Å². The zero-order valence-electron chi connectivity index (χ0n) is 15.0. The van der Waals surface area contributed by atoms with Crippen LogP contribution in [-0.4, -0.2) is 80.8 Å². The normalized spacial score (nSPS) is 27.6. The fourth-order valence-electron chi connectivity index (χ4n) is 2.73. The molecule has 1 aromatic heterocycles. The summed E-state index contributed by atoms with van der Waals surface area (Å²) in [5.74, 6) is -2.39. The molecule has 1 aromatic rings. The van der Waals surface area contributed by atoms with Crippen LogP contribution in [0.2, 0.25) is 0 Å². The van der Waals surface area contributed by atoms with Crippen molar-refractivity contribution in [3.05, 3.63) is 32.6 Å². The van der Waals surface area contributed by atoms with Crippen molar-refractivity contribution >= 4 is 5.91 Å². The van der Waals surface area contributed by atoms with Crippen molar-refractivity contribution in [2.24, 2.45) is 0 Å². The number of rotatable bonds is 6. The maximum Gasteiger partial charge on any atom is 0.471 e. The number of aromatic amines is 1. The minimum atomic E-state index is -5.26. The van der Waals surface area contributed by atoms with Gasteiger partial charge in [-0.3, -0.25) is 19.1 Å². The summed E-state index contributed by atoms with van der Waals surface area (Å²) in [7, 11) is 0. The van der Waals surface area contributed by atoms with Crippen LogP contribution in [0.5, 0.6) is 0 Å². The molecule has 0 saturated carbocycles. The Balaban J connectivity index is 2.25. The van der Waals surface area contributed by atoms with E-state index in [9.17, 15) is 37.8 Å². The zero-order valence-corrected chi connectivity index (χ0v) is 15.0. The van der Waals surface area contributed by atoms with E-state index in [4.69, 9.17) is 14.6 Å². The fraction of sp³-hybridized carbons (Fsp3) is 0.667. The molecule has 14 heteroatoms. The lowest BCUT2D eigenvalue weighted by atomic mass is 9.96. The quantitative estimate of drug-likeness (QED) is 0.329. The van der Waals surface area contributed by atoms with Gasteiger partial charge in [-0.15, -0.1) is 0 Å². The molecule has 2 heterocycles. The van der Waals surface area contributed by atoms with Crippen LogP contribution < -0.4 is 16.6 Å². The third-order valence-electron chi connectivity index (χ3n) is 4.20. The number of aliphatic hydroxyl groups is 3. The topological polar surface area (TPSA) is 163 Å². The zero-order chi connectivity index (χ0) is 21.9. The molecule has 1 aliphatic rings. The van der Waals surface area contributed by atoms with Gasteiger partial charge in [0.25, 0.3) is 5.56 Å². The van der Waals surface area contributed by atoms with Crippen LogP contribution in [0.1, 0.15) is 5.56 Å². The molecule has 1 fully saturated rings. The first-order valence-electron chi connectivity index (χ1n) is 8.37. The average molecular weight is 427 g/mol. The maximum absolute atomic E-state index is 12.5. The van der Waals surface area contributed by atoms with E-state index in [-0.39, 0.29) is 5.56 Å². The molecule has 1 amide bonds. The molecule has 5 atom stereocenters. The van der Waals surface area contributed by atoms with Crippen LogP contribution in [0.3, 0.4) is 0 Å². The summed E-state index contributed by atoms with van der Waals surface area (Å²) in [6.45, 7) is 0.0727. The monoisotopic (exact) mass is 427 g/mol. The van der Waals surface area contributed by atoms with E-state index >= 15 is 0 Å². The number of H-pyrrole nitrogens is 1. The minimum Gasteiger partial charge on any atom is -0.394 e. The van der Waals surface area contributed by atoms with Crippen LogP contribution in [0.15, 0.2) is 15.8 Å². The molecule has 29 heavy (non-hydrogen) atoms. The van der Waals surface area contributed by atoms with Crippen LogP contribution >= 0.6 is 0 Å². The van der Waals surface area contributed by atoms with E-state index in [1.54, 1.807) is 0 Å². The first-order chi connectivity index (χ1) is 13.5. The van der Waals surface area contributed by atoms with E-state index < -0.39 is 73.7 Å². The summed E-state index contributed by atoms with van der Waals surface area (Å²) in [6.07, 6.45) is -10.9. The lowest BCUT2D eigenvalue weighted by Crippen LogP contribution is -2.66. The van der Waals surface area contributed by atoms with E-state index in [0.717, 1.165) is 4.57 Å². The van der Waals surface area contributed by atoms with Gasteiger partial charge < -0.3 is 30.1 Å². The number of aryl methyl sites for hydroxylation is 1. The van der Waals surface area contributed by atoms with Crippen molar-refractivity contribution in [3.8, 4) is 0 Å². The van der Waals surface area contributed by atoms with E-state index in [0.29, 0.717) is 0 Å². The van der Waals surface area contributed by atoms with Crippen molar-refractivity contribution in [2.45, 2.75) is 50.3 Å². The van der Waals surface area contributed by atoms with Gasteiger partial charge in [0.05, 0.1) is 19.8 Å². The third-order valence-corrected chi connectivity index (χ3v) is 4.20. The Morgan fingerprint density at radius 1 is 1.34 bits per heavy atom. The molecule has 0 radical (unpaired) electrons. The molecule has 0 aliphatic carbocycles. The van der Waals surface area contributed by atoms with Crippen molar-refractivity contribution in [2.75, 3.05) is 13.2 Å². The van der Waals surface area contributed by atoms with Gasteiger partial charge in [-0.1, -0.05) is 0 Å². The van der Waals surface area contributed by atoms with Gasteiger partial charge in [0.15, 0.2) is 6.29 Å². The summed E-state index contributed by atoms with van der Waals surface area (Å²) in [5.41, 5.74) is -1.31. The Hall–Kier alpha value is -2.26. The smallest absolute Gasteiger partial charge is 0.394 e. The van der Waals surface area contributed by atoms with Crippen molar-refractivity contribution in [1.82, 2.24) is 14.9 Å². The Morgan fingerprint density at radius 3 is 2.59 bits per heavy atom. The number of hydrogen-bond acceptors (Lipinski definition) is 8. The average Bonchev–Trinajstić information content (AvgIpc) is 2.63. The number of aromatic nitrogens is 2. The Morgan fingerprint density at radius 2 is 2.00 bits per heavy atom. The first kappa shape index (κ1) is 23.0. The number of aliphatic hydroxyl groups excluding tert-OH is 3. The second kappa shape index (κ2) is 9.04. The molecule has 0 bridgehead atoms. The largest absolute Gasteiger partial charge is 0.471 e. The van der Waals surface area contributed by atoms with Crippen molar-refractivity contribution in [3.63, 3.8) is 0 Å². The Labute approximate surface area is 160 Å². The second-order valence-electron chi connectivity index (χ2n) is 6.34. The highest BCUT2D eigenvalue weighted by Crippen LogP contribution is 2.25. The van der Waals surface area contributed by atoms with Gasteiger partial charge in [-0.05, 0) is 6.92 Å². The van der Waals surface area contributed by atoms with Gasteiger partial charge in [0, 0.05) is 11.8 Å². The number of alkyl halides is 3. The number of carbonyl (C=O) groups is 1. The predicted molar refractivity (Wildman–Crippen MR) is 87.8 cm³/mol. The van der Waals surface area contributed by atoms with Crippen LogP contribution in [-0.2, 0) is 20.8 Å². The molecule has 11 nitrogen and oxygen atoms in total. The van der Waals surface area contributed by atoms with Gasteiger partial charge in [-0.2, -0.15) is 13.2 Å². The molecule has 1 aliphatic heterocycles. The highest BCUT2D eigenvalue weighted by molar-refractivity contribution is 5.82. The molecule has 5 N–H and O–H groups in total. The third kappa shape index (κ3) is 5.42. The lowest BCUT2D eigenvalue weighted by molar-refractivity contribution is -0.270. The summed E-state index contributed by atoms with van der Waals surface area (Å²) in [5, 5.41) is 30.8. The molecule has 2 rings (SSSR count). The molecule has 0 spiro atoms. The summed E-state index contributed by atoms with van der Waals surface area (Å²) in [4.78, 5) is 36.6. The van der Waals surface area contributed by atoms with Crippen LogP contribution in [0, 0.1) is 6.92 Å². The Bertz CT molecular complexity index is 839. The van der Waals surface area contributed by atoms with Gasteiger partial charge >= 0.3 is 17.8 Å². The van der Waals surface area contributed by atoms with Crippen molar-refractivity contribution < 1.29 is 42.8 Å². The predicted octanol–water partition coefficient (Wildman–Crippen LogP) is -2.65. The lowest BCUT2D eigenvalue weighted by Gasteiger charge is -2.42. The standard InChI is InChI=1S/C15H20F3N3O8/c1-6-4-21(14(27)20-11(6)25)5-7-9(23)10(24)8(12(29-7)28-3-2-22)19-13(26)15(16,17)18/h4,7-10,12,22-24H,2-3,5H2,1H3,(H,19,26)(H,20,25,27)/t7-,8-,9-,10-,12-/m1/s1. The highest BCUT2D eigenvalue weighted by Gasteiger charge is 2.49. The minimum absolute atomic E-state index is 0.166. The number of hydrogen-bond donors (Lipinski definition) is 5. The molecular formula is C15H20F3N3O8. The van der Waals surface area contributed by atoms with E-state index in [1.807, 2.05) is 4.98 Å². The number of ether oxygens (including phenoxy) is 2. The Kier molecular flexibility index (Phi) is 7.18. The molecule has 0 unspecified atom stereocenters. The highest BCUT2D eigenvalue weighted by atomic mass is 19.4. The SMILES string of the molecule is Cc1cn(C[C@H]2O[C@@H](OCCO)[C@H](NC(=O)C(F)(F)F)[C@@H](O)[C@@H]2O)c(=O)[nH]c1=O. The number of halogens is 3. The molecule has 0 aromatic carbocycles. The second-order valence-corrected chi connectivity index (χ2v) is 6.34. The molecule has 164 valence electrons. The van der Waals surface area contributed by atoms with Gasteiger partial charge in [-0.25, -0.2) is 4.79 Å². The maximum atomic E-state index is 12.5. The van der Waals surface area contributed by atoms with Crippen molar-refractivity contribution in [1.29, 1.82) is 0 Å². The number of carbonyl (C=O) groups excluding carboxylic acids is 1. The number of nitrogens with zero attached hydrogens (tertiary/aromatic N) is 1.